The summed E-state index contributed by atoms with van der Waals surface area (Å²) in [5.41, 5.74) is 5.96. The number of hydrogen-bond donors (Lipinski definition) is 1. The number of rotatable bonds is 3. The lowest BCUT2D eigenvalue weighted by molar-refractivity contribution is -0.122. The highest BCUT2D eigenvalue weighted by Gasteiger charge is 2.34. The standard InChI is InChI=1S/C23H21N3O3S/c24-30(28,29)20-7-6-15-8-10-26(22(15)14-20)23(27)19-11-16-4-5-17(12-18(16)13-19)21-3-1-2-9-25-21/h1-7,9,12,14,19H,8,10-11,13H2,(H2,24,28,29)/t19-/m0/s1. The Balaban J connectivity index is 1.40. The lowest BCUT2D eigenvalue weighted by atomic mass is 10.0. The second-order valence-electron chi connectivity index (χ2n) is 7.88. The quantitative estimate of drug-likeness (QED) is 0.706. The third-order valence-electron chi connectivity index (χ3n) is 6.00. The molecule has 7 heteroatoms. The number of nitrogens with two attached hydrogens (primary N) is 1. The molecule has 0 radical (unpaired) electrons. The number of sulfonamides is 1. The molecule has 0 spiro atoms. The molecular weight excluding hydrogens is 398 g/mol. The third kappa shape index (κ3) is 3.30. The Morgan fingerprint density at radius 1 is 1.00 bits per heavy atom. The van der Waals surface area contributed by atoms with E-state index in [0.717, 1.165) is 23.2 Å². The van der Waals surface area contributed by atoms with Crippen LogP contribution in [0, 0.1) is 5.92 Å². The Bertz CT molecular complexity index is 1260. The Morgan fingerprint density at radius 3 is 2.57 bits per heavy atom. The summed E-state index contributed by atoms with van der Waals surface area (Å²) >= 11 is 0. The van der Waals surface area contributed by atoms with E-state index in [-0.39, 0.29) is 16.7 Å². The lowest BCUT2D eigenvalue weighted by Crippen LogP contribution is -2.35. The van der Waals surface area contributed by atoms with Crippen molar-refractivity contribution < 1.29 is 13.2 Å². The first kappa shape index (κ1) is 19.0. The molecule has 2 N–H and O–H groups in total. The maximum atomic E-state index is 13.3. The van der Waals surface area contributed by atoms with E-state index < -0.39 is 10.0 Å². The van der Waals surface area contributed by atoms with E-state index in [1.54, 1.807) is 17.2 Å². The molecule has 0 bridgehead atoms. The smallest absolute Gasteiger partial charge is 0.238 e. The number of hydrogen-bond acceptors (Lipinski definition) is 4. The summed E-state index contributed by atoms with van der Waals surface area (Å²) in [4.78, 5) is 19.5. The van der Waals surface area contributed by atoms with Gasteiger partial charge in [0.2, 0.25) is 15.9 Å². The summed E-state index contributed by atoms with van der Waals surface area (Å²) < 4.78 is 23.5. The van der Waals surface area contributed by atoms with Gasteiger partial charge in [0, 0.05) is 29.9 Å². The number of aromatic nitrogens is 1. The van der Waals surface area contributed by atoms with E-state index in [1.807, 2.05) is 18.2 Å². The molecule has 1 aromatic heterocycles. The molecule has 152 valence electrons. The number of amides is 1. The molecule has 0 saturated carbocycles. The van der Waals surface area contributed by atoms with Crippen LogP contribution in [0.1, 0.15) is 16.7 Å². The molecule has 6 nitrogen and oxygen atoms in total. The van der Waals surface area contributed by atoms with Crippen molar-refractivity contribution in [3.8, 4) is 11.3 Å². The number of carbonyl (C=O) groups excluding carboxylic acids is 1. The zero-order chi connectivity index (χ0) is 20.9. The second-order valence-corrected chi connectivity index (χ2v) is 9.44. The lowest BCUT2D eigenvalue weighted by Gasteiger charge is -2.21. The number of pyridine rings is 1. The van der Waals surface area contributed by atoms with Gasteiger partial charge in [-0.1, -0.05) is 24.3 Å². The fourth-order valence-corrected chi connectivity index (χ4v) is 5.00. The van der Waals surface area contributed by atoms with Crippen molar-refractivity contribution in [1.29, 1.82) is 0 Å². The van der Waals surface area contributed by atoms with Gasteiger partial charge in [0.25, 0.3) is 0 Å². The summed E-state index contributed by atoms with van der Waals surface area (Å²) in [6, 6.07) is 16.9. The fraction of sp³-hybridized carbons (Fsp3) is 0.217. The van der Waals surface area contributed by atoms with Crippen LogP contribution in [0.15, 0.2) is 65.7 Å². The maximum Gasteiger partial charge on any atom is 0.238 e. The number of benzene rings is 2. The van der Waals surface area contributed by atoms with Crippen LogP contribution >= 0.6 is 0 Å². The average molecular weight is 420 g/mol. The Labute approximate surface area is 175 Å². The van der Waals surface area contributed by atoms with Gasteiger partial charge in [-0.15, -0.1) is 0 Å². The molecule has 0 saturated heterocycles. The molecule has 3 aromatic rings. The van der Waals surface area contributed by atoms with E-state index in [0.29, 0.717) is 25.1 Å². The minimum atomic E-state index is -3.81. The molecule has 0 fully saturated rings. The van der Waals surface area contributed by atoms with Gasteiger partial charge in [-0.25, -0.2) is 13.6 Å². The number of carbonyl (C=O) groups is 1. The number of nitrogens with zero attached hydrogens (tertiary/aromatic N) is 2. The molecular formula is C23H21N3O3S. The highest BCUT2D eigenvalue weighted by molar-refractivity contribution is 7.89. The second kappa shape index (κ2) is 7.04. The van der Waals surface area contributed by atoms with Crippen molar-refractivity contribution in [2.45, 2.75) is 24.2 Å². The summed E-state index contributed by atoms with van der Waals surface area (Å²) in [6.07, 6.45) is 3.86. The number of primary sulfonamides is 1. The highest BCUT2D eigenvalue weighted by atomic mass is 32.2. The predicted octanol–water partition coefficient (Wildman–Crippen LogP) is 2.70. The Kier molecular flexibility index (Phi) is 4.45. The highest BCUT2D eigenvalue weighted by Crippen LogP contribution is 2.36. The summed E-state index contributed by atoms with van der Waals surface area (Å²) in [7, 11) is -3.81. The largest absolute Gasteiger partial charge is 0.312 e. The van der Waals surface area contributed by atoms with Crippen molar-refractivity contribution in [3.63, 3.8) is 0 Å². The summed E-state index contributed by atoms with van der Waals surface area (Å²) in [5, 5.41) is 5.28. The van der Waals surface area contributed by atoms with Crippen molar-refractivity contribution in [2.75, 3.05) is 11.4 Å². The van der Waals surface area contributed by atoms with Gasteiger partial charge in [0.05, 0.1) is 10.6 Å². The first-order valence-corrected chi connectivity index (χ1v) is 11.4. The van der Waals surface area contributed by atoms with Crippen LogP contribution in [0.25, 0.3) is 11.3 Å². The topological polar surface area (TPSA) is 93.4 Å². The summed E-state index contributed by atoms with van der Waals surface area (Å²) in [6.45, 7) is 0.564. The Hall–Kier alpha value is -3.03. The molecule has 0 unspecified atom stereocenters. The zero-order valence-electron chi connectivity index (χ0n) is 16.3. The van der Waals surface area contributed by atoms with Gasteiger partial charge in [-0.3, -0.25) is 9.78 Å². The van der Waals surface area contributed by atoms with Crippen LogP contribution in [-0.4, -0.2) is 25.9 Å². The molecule has 1 aliphatic carbocycles. The fourth-order valence-electron chi connectivity index (χ4n) is 4.47. The van der Waals surface area contributed by atoms with E-state index in [2.05, 4.69) is 23.2 Å². The normalized spacial score (nSPS) is 17.6. The van der Waals surface area contributed by atoms with Crippen LogP contribution in [-0.2, 0) is 34.1 Å². The van der Waals surface area contributed by atoms with Gasteiger partial charge in [0.1, 0.15) is 0 Å². The van der Waals surface area contributed by atoms with Crippen LogP contribution in [0.4, 0.5) is 5.69 Å². The van der Waals surface area contributed by atoms with Gasteiger partial charge < -0.3 is 4.90 Å². The summed E-state index contributed by atoms with van der Waals surface area (Å²) in [5.74, 6) is -0.112. The van der Waals surface area contributed by atoms with Gasteiger partial charge >= 0.3 is 0 Å². The molecule has 2 heterocycles. The van der Waals surface area contributed by atoms with Crippen LogP contribution < -0.4 is 10.0 Å². The van der Waals surface area contributed by atoms with Crippen LogP contribution in [0.2, 0.25) is 0 Å². The SMILES string of the molecule is NS(=O)(=O)c1ccc2c(c1)N(C(=O)[C@H]1Cc3ccc(-c4ccccn4)cc3C1)CC2. The molecule has 1 atom stereocenters. The average Bonchev–Trinajstić information content (AvgIpc) is 3.36. The van der Waals surface area contributed by atoms with E-state index in [9.17, 15) is 13.2 Å². The minimum absolute atomic E-state index is 0.0376. The van der Waals surface area contributed by atoms with Crippen LogP contribution in [0.5, 0.6) is 0 Å². The third-order valence-corrected chi connectivity index (χ3v) is 6.91. The van der Waals surface area contributed by atoms with E-state index in [4.69, 9.17) is 5.14 Å². The van der Waals surface area contributed by atoms with Gasteiger partial charge in [0.15, 0.2) is 0 Å². The molecule has 2 aromatic carbocycles. The first-order valence-electron chi connectivity index (χ1n) is 9.90. The zero-order valence-corrected chi connectivity index (χ0v) is 17.1. The molecule has 1 amide bonds. The molecule has 1 aliphatic heterocycles. The molecule has 2 aliphatic rings. The number of anilines is 1. The minimum Gasteiger partial charge on any atom is -0.312 e. The van der Waals surface area contributed by atoms with Crippen LogP contribution in [0.3, 0.4) is 0 Å². The predicted molar refractivity (Wildman–Crippen MR) is 114 cm³/mol. The first-order chi connectivity index (χ1) is 14.4. The monoisotopic (exact) mass is 419 g/mol. The van der Waals surface area contributed by atoms with Crippen molar-refractivity contribution in [2.24, 2.45) is 11.1 Å². The number of fused-ring (bicyclic) bond motifs is 2. The van der Waals surface area contributed by atoms with E-state index in [1.165, 1.54) is 23.3 Å². The van der Waals surface area contributed by atoms with E-state index >= 15 is 0 Å². The maximum absolute atomic E-state index is 13.3. The molecule has 30 heavy (non-hydrogen) atoms. The van der Waals surface area contributed by atoms with Gasteiger partial charge in [-0.2, -0.15) is 0 Å². The Morgan fingerprint density at radius 2 is 1.80 bits per heavy atom. The van der Waals surface area contributed by atoms with Gasteiger partial charge in [-0.05, 0) is 66.3 Å². The van der Waals surface area contributed by atoms with Crippen molar-refractivity contribution in [3.05, 3.63) is 77.5 Å². The molecule has 5 rings (SSSR count). The van der Waals surface area contributed by atoms with Crippen molar-refractivity contribution >= 4 is 21.6 Å². The van der Waals surface area contributed by atoms with Crippen molar-refractivity contribution in [1.82, 2.24) is 4.98 Å².